The number of nitrogens with zero attached hydrogens (tertiary/aromatic N) is 4. The summed E-state index contributed by atoms with van der Waals surface area (Å²) in [5, 5.41) is 15.7. The number of carbonyl (C=O) groups is 1. The number of aliphatic hydroxyl groups excluding tert-OH is 1. The van der Waals surface area contributed by atoms with Gasteiger partial charge in [-0.15, -0.1) is 4.52 Å². The monoisotopic (exact) mass is 460 g/mol. The molecule has 170 valence electrons. The van der Waals surface area contributed by atoms with Crippen LogP contribution in [0, 0.1) is 0 Å². The molecule has 1 unspecified atom stereocenters. The smallest absolute Gasteiger partial charge is 0.468 e. The molecular weight excluding hydrogens is 436 g/mol. The van der Waals surface area contributed by atoms with Gasteiger partial charge in [-0.25, -0.2) is 9.37 Å². The van der Waals surface area contributed by atoms with Crippen molar-refractivity contribution in [3.63, 3.8) is 0 Å². The number of nitrogens with one attached hydrogen (secondary N) is 2. The third kappa shape index (κ3) is 4.43. The van der Waals surface area contributed by atoms with E-state index < -0.39 is 50.9 Å². The Morgan fingerprint density at radius 2 is 2.26 bits per heavy atom. The number of alkyl halides is 1. The molecule has 0 bridgehead atoms. The molecule has 31 heavy (non-hydrogen) atoms. The Hall–Kier alpha value is -2.51. The number of nitrogen functional groups attached to an aromatic ring is 1. The molecule has 0 radical (unpaired) electrons. The van der Waals surface area contributed by atoms with E-state index in [9.17, 15) is 14.5 Å². The second-order valence-electron chi connectivity index (χ2n) is 7.05. The Bertz CT molecular complexity index is 989. The van der Waals surface area contributed by atoms with Crippen molar-refractivity contribution in [3.05, 3.63) is 6.33 Å². The zero-order valence-corrected chi connectivity index (χ0v) is 18.2. The number of fused-ring (bicyclic) bond motifs is 1. The fourth-order valence-corrected chi connectivity index (χ4v) is 3.97. The van der Waals surface area contributed by atoms with E-state index in [1.165, 1.54) is 24.9 Å². The van der Waals surface area contributed by atoms with Crippen LogP contribution in [0.15, 0.2) is 6.33 Å². The Morgan fingerprint density at radius 1 is 1.55 bits per heavy atom. The van der Waals surface area contributed by atoms with Crippen LogP contribution in [-0.4, -0.2) is 75.3 Å². The van der Waals surface area contributed by atoms with Gasteiger partial charge in [0, 0.05) is 7.05 Å². The number of aromatic nitrogens is 4. The van der Waals surface area contributed by atoms with Crippen molar-refractivity contribution in [2.24, 2.45) is 0 Å². The molecule has 5 N–H and O–H groups in total. The lowest BCUT2D eigenvalue weighted by Crippen LogP contribution is -2.40. The van der Waals surface area contributed by atoms with Crippen molar-refractivity contribution >= 4 is 37.1 Å². The molecule has 1 aliphatic rings. The highest BCUT2D eigenvalue weighted by Crippen LogP contribution is 2.43. The van der Waals surface area contributed by atoms with E-state index in [1.807, 2.05) is 0 Å². The Labute approximate surface area is 177 Å². The zero-order chi connectivity index (χ0) is 22.9. The van der Waals surface area contributed by atoms with E-state index in [2.05, 4.69) is 30.1 Å². The van der Waals surface area contributed by atoms with Gasteiger partial charge in [0.2, 0.25) is 5.95 Å². The lowest BCUT2D eigenvalue weighted by atomic mass is 9.98. The van der Waals surface area contributed by atoms with Gasteiger partial charge < -0.3 is 25.6 Å². The van der Waals surface area contributed by atoms with Crippen molar-refractivity contribution in [1.29, 1.82) is 0 Å². The number of ether oxygens (including phenoxy) is 2. The van der Waals surface area contributed by atoms with Crippen LogP contribution < -0.4 is 16.1 Å². The molecule has 6 atom stereocenters. The van der Waals surface area contributed by atoms with Crippen LogP contribution in [0.4, 0.5) is 16.2 Å². The van der Waals surface area contributed by atoms with Gasteiger partial charge in [-0.3, -0.25) is 9.36 Å². The number of esters is 1. The van der Waals surface area contributed by atoms with Gasteiger partial charge >= 0.3 is 14.1 Å². The SMILES string of the molecule is CNc1nc(N)nc2c1ncn2[C@@H]1O[C@H](CO[P+](=O)N[C@@H](C)C(=O)OC)[C@@H](O)[C@@]1(C)F. The molecule has 1 fully saturated rings. The number of carbonyl (C=O) groups excluding carboxylic acids is 1. The van der Waals surface area contributed by atoms with E-state index in [0.29, 0.717) is 11.3 Å². The number of aliphatic hydroxyl groups is 1. The lowest BCUT2D eigenvalue weighted by Gasteiger charge is -2.24. The number of rotatable bonds is 8. The molecule has 3 rings (SSSR count). The van der Waals surface area contributed by atoms with E-state index >= 15 is 4.39 Å². The number of hydrogen-bond donors (Lipinski definition) is 4. The molecule has 0 saturated carbocycles. The molecule has 13 nitrogen and oxygen atoms in total. The van der Waals surface area contributed by atoms with Crippen LogP contribution in [0.3, 0.4) is 0 Å². The molecule has 3 heterocycles. The number of methoxy groups -OCH3 is 1. The summed E-state index contributed by atoms with van der Waals surface area (Å²) in [6.07, 6.45) is -2.79. The van der Waals surface area contributed by atoms with Crippen LogP contribution in [0.25, 0.3) is 11.2 Å². The average Bonchev–Trinajstić information content (AvgIpc) is 3.23. The maximum atomic E-state index is 15.5. The molecule has 0 aromatic carbocycles. The van der Waals surface area contributed by atoms with Gasteiger partial charge in [0.05, 0.1) is 13.4 Å². The first-order valence-electron chi connectivity index (χ1n) is 9.24. The predicted octanol–water partition coefficient (Wildman–Crippen LogP) is 0.262. The number of halogens is 1. The highest BCUT2D eigenvalue weighted by molar-refractivity contribution is 7.36. The summed E-state index contributed by atoms with van der Waals surface area (Å²) in [4.78, 5) is 23.7. The van der Waals surface area contributed by atoms with Gasteiger partial charge in [0.1, 0.15) is 24.9 Å². The summed E-state index contributed by atoms with van der Waals surface area (Å²) in [6.45, 7) is 2.20. The maximum absolute atomic E-state index is 15.5. The number of anilines is 2. The van der Waals surface area contributed by atoms with E-state index in [0.717, 1.165) is 6.92 Å². The van der Waals surface area contributed by atoms with Crippen molar-refractivity contribution in [3.8, 4) is 0 Å². The lowest BCUT2D eigenvalue weighted by molar-refractivity contribution is -0.142. The zero-order valence-electron chi connectivity index (χ0n) is 17.3. The summed E-state index contributed by atoms with van der Waals surface area (Å²) < 4.78 is 44.1. The van der Waals surface area contributed by atoms with E-state index in [4.69, 9.17) is 15.0 Å². The minimum absolute atomic E-state index is 0.0552. The third-order valence-electron chi connectivity index (χ3n) is 4.86. The minimum Gasteiger partial charge on any atom is -0.468 e. The largest absolute Gasteiger partial charge is 0.613 e. The molecule has 0 amide bonds. The number of hydrogen-bond acceptors (Lipinski definition) is 11. The third-order valence-corrected chi connectivity index (χ3v) is 5.84. The Balaban J connectivity index is 1.76. The predicted molar refractivity (Wildman–Crippen MR) is 107 cm³/mol. The molecule has 1 saturated heterocycles. The van der Waals surface area contributed by atoms with Crippen molar-refractivity contribution in [1.82, 2.24) is 24.6 Å². The fourth-order valence-electron chi connectivity index (χ4n) is 3.20. The molecule has 0 spiro atoms. The fraction of sp³-hybridized carbons (Fsp3) is 0.625. The number of imidazole rings is 1. The molecule has 2 aromatic heterocycles. The van der Waals surface area contributed by atoms with Gasteiger partial charge in [-0.1, -0.05) is 5.09 Å². The van der Waals surface area contributed by atoms with Crippen LogP contribution >= 0.6 is 8.18 Å². The first kappa shape index (κ1) is 23.2. The van der Waals surface area contributed by atoms with Crippen LogP contribution in [0.2, 0.25) is 0 Å². The van der Waals surface area contributed by atoms with Gasteiger partial charge in [0.15, 0.2) is 28.9 Å². The van der Waals surface area contributed by atoms with Crippen molar-refractivity contribution in [2.45, 2.75) is 44.0 Å². The van der Waals surface area contributed by atoms with Crippen LogP contribution in [0.1, 0.15) is 20.1 Å². The summed E-state index contributed by atoms with van der Waals surface area (Å²) >= 11 is 0. The summed E-state index contributed by atoms with van der Waals surface area (Å²) in [5.74, 6) is -0.335. The van der Waals surface area contributed by atoms with Gasteiger partial charge in [-0.05, 0) is 18.4 Å². The average molecular weight is 460 g/mol. The summed E-state index contributed by atoms with van der Waals surface area (Å²) in [7, 11) is 0.314. The van der Waals surface area contributed by atoms with Crippen molar-refractivity contribution in [2.75, 3.05) is 31.8 Å². The van der Waals surface area contributed by atoms with E-state index in [1.54, 1.807) is 7.05 Å². The molecule has 15 heteroatoms. The number of nitrogens with two attached hydrogens (primary N) is 1. The molecule has 0 aliphatic carbocycles. The maximum Gasteiger partial charge on any atom is 0.613 e. The molecule has 2 aromatic rings. The van der Waals surface area contributed by atoms with E-state index in [-0.39, 0.29) is 11.6 Å². The van der Waals surface area contributed by atoms with Crippen LogP contribution in [-0.2, 0) is 23.4 Å². The Morgan fingerprint density at radius 3 is 2.90 bits per heavy atom. The minimum atomic E-state index is -2.50. The normalized spacial score (nSPS) is 27.3. The second kappa shape index (κ2) is 8.93. The first-order valence-corrected chi connectivity index (χ1v) is 10.4. The van der Waals surface area contributed by atoms with Crippen LogP contribution in [0.5, 0.6) is 0 Å². The van der Waals surface area contributed by atoms with Gasteiger partial charge in [0.25, 0.3) is 0 Å². The van der Waals surface area contributed by atoms with Crippen molar-refractivity contribution < 1.29 is 32.9 Å². The second-order valence-corrected chi connectivity index (χ2v) is 8.08. The summed E-state index contributed by atoms with van der Waals surface area (Å²) in [5.41, 5.74) is 4.01. The first-order chi connectivity index (χ1) is 14.6. The summed E-state index contributed by atoms with van der Waals surface area (Å²) in [6, 6.07) is -0.883. The standard InChI is InChI=1S/C16H24FN7O6P/c1-7(13(26)28-4)23-31(27)29-5-8-10(25)16(2,17)14(30-8)24-6-20-9-11(19-3)21-15(18)22-12(9)24/h6-8,10,14,25H,5H2,1-4H3,(H,23,27)(H3,18,19,21,22)/q+1/t7-,8+,10+,14+,16+/m0/s1. The quantitative estimate of drug-likeness (QED) is 0.313. The highest BCUT2D eigenvalue weighted by atomic mass is 31.1. The molecule has 1 aliphatic heterocycles. The highest BCUT2D eigenvalue weighted by Gasteiger charge is 2.56. The van der Waals surface area contributed by atoms with Gasteiger partial charge in [-0.2, -0.15) is 9.97 Å². The Kier molecular flexibility index (Phi) is 6.67. The topological polar surface area (TPSA) is 176 Å². The molecular formula is C16H24FN7O6P+.